The first-order valence-electron chi connectivity index (χ1n) is 7.86. The summed E-state index contributed by atoms with van der Waals surface area (Å²) in [6.45, 7) is 2.43. The third kappa shape index (κ3) is 4.25. The summed E-state index contributed by atoms with van der Waals surface area (Å²) in [5, 5.41) is 2.61. The van der Waals surface area contributed by atoms with Gasteiger partial charge >= 0.3 is 0 Å². The maximum absolute atomic E-state index is 13.2. The van der Waals surface area contributed by atoms with Crippen LogP contribution in [-0.4, -0.2) is 49.4 Å². The Morgan fingerprint density at radius 2 is 1.87 bits per heavy atom. The number of carbonyl (C=O) groups is 1. The standard InChI is InChI=1S/C16H20F2N2O3/c17-11-7-12(18)9-13(8-11)19-16(21)14-3-1-2-4-20(14)10-15-22-5-6-23-15/h7-9,14-15H,1-6,10H2,(H,19,21)/t14-/m0/s1. The van der Waals surface area contributed by atoms with E-state index < -0.39 is 11.6 Å². The number of ether oxygens (including phenoxy) is 2. The van der Waals surface area contributed by atoms with Gasteiger partial charge in [-0.2, -0.15) is 0 Å². The zero-order valence-electron chi connectivity index (χ0n) is 12.8. The van der Waals surface area contributed by atoms with Crippen molar-refractivity contribution in [2.24, 2.45) is 0 Å². The van der Waals surface area contributed by atoms with E-state index in [0.29, 0.717) is 26.2 Å². The number of rotatable bonds is 4. The van der Waals surface area contributed by atoms with Crippen molar-refractivity contribution in [3.05, 3.63) is 29.8 Å². The van der Waals surface area contributed by atoms with Crippen LogP contribution in [0.5, 0.6) is 0 Å². The Morgan fingerprint density at radius 1 is 1.17 bits per heavy atom. The van der Waals surface area contributed by atoms with Crippen molar-refractivity contribution in [3.63, 3.8) is 0 Å². The van der Waals surface area contributed by atoms with E-state index in [1.807, 2.05) is 4.90 Å². The van der Waals surface area contributed by atoms with Gasteiger partial charge in [0.1, 0.15) is 11.6 Å². The number of benzene rings is 1. The van der Waals surface area contributed by atoms with E-state index in [1.165, 1.54) is 0 Å². The second-order valence-corrected chi connectivity index (χ2v) is 5.83. The van der Waals surface area contributed by atoms with E-state index >= 15 is 0 Å². The van der Waals surface area contributed by atoms with E-state index in [4.69, 9.17) is 9.47 Å². The van der Waals surface area contributed by atoms with Crippen molar-refractivity contribution in [2.45, 2.75) is 31.6 Å². The minimum absolute atomic E-state index is 0.131. The Labute approximate surface area is 133 Å². The van der Waals surface area contributed by atoms with E-state index in [2.05, 4.69) is 5.32 Å². The molecule has 5 nitrogen and oxygen atoms in total. The summed E-state index contributed by atoms with van der Waals surface area (Å²) in [6.07, 6.45) is 2.34. The quantitative estimate of drug-likeness (QED) is 0.921. The predicted octanol–water partition coefficient (Wildman–Crippen LogP) is 2.13. The fourth-order valence-electron chi connectivity index (χ4n) is 3.06. The summed E-state index contributed by atoms with van der Waals surface area (Å²) in [6, 6.07) is 2.65. The molecule has 2 fully saturated rings. The van der Waals surface area contributed by atoms with Gasteiger partial charge in [0.15, 0.2) is 6.29 Å². The number of carbonyl (C=O) groups excluding carboxylic acids is 1. The van der Waals surface area contributed by atoms with Gasteiger partial charge in [-0.05, 0) is 31.5 Å². The van der Waals surface area contributed by atoms with Crippen LogP contribution in [0.15, 0.2) is 18.2 Å². The molecule has 1 atom stereocenters. The number of nitrogens with one attached hydrogen (secondary N) is 1. The molecule has 1 amide bonds. The zero-order chi connectivity index (χ0) is 16.2. The molecule has 0 bridgehead atoms. The average Bonchev–Trinajstić information content (AvgIpc) is 2.99. The van der Waals surface area contributed by atoms with Crippen LogP contribution >= 0.6 is 0 Å². The summed E-state index contributed by atoms with van der Waals surface area (Å²) in [5.74, 6) is -1.69. The van der Waals surface area contributed by atoms with Gasteiger partial charge in [0, 0.05) is 11.8 Å². The van der Waals surface area contributed by atoms with Gasteiger partial charge < -0.3 is 14.8 Å². The molecule has 1 aromatic rings. The van der Waals surface area contributed by atoms with Gasteiger partial charge in [0.25, 0.3) is 0 Å². The lowest BCUT2D eigenvalue weighted by Crippen LogP contribution is -2.49. The van der Waals surface area contributed by atoms with Crippen LogP contribution in [0.1, 0.15) is 19.3 Å². The van der Waals surface area contributed by atoms with Crippen LogP contribution in [0.25, 0.3) is 0 Å². The highest BCUT2D eigenvalue weighted by molar-refractivity contribution is 5.94. The van der Waals surface area contributed by atoms with Crippen molar-refractivity contribution in [2.75, 3.05) is 31.6 Å². The van der Waals surface area contributed by atoms with Crippen molar-refractivity contribution in [1.29, 1.82) is 0 Å². The number of nitrogens with zero attached hydrogens (tertiary/aromatic N) is 1. The molecule has 3 rings (SSSR count). The number of halogens is 2. The number of amides is 1. The van der Waals surface area contributed by atoms with Gasteiger partial charge in [0.2, 0.25) is 5.91 Å². The Balaban J connectivity index is 1.65. The molecule has 0 spiro atoms. The molecule has 126 valence electrons. The molecule has 7 heteroatoms. The van der Waals surface area contributed by atoms with Crippen LogP contribution in [0.2, 0.25) is 0 Å². The molecule has 0 saturated carbocycles. The van der Waals surface area contributed by atoms with Gasteiger partial charge in [-0.25, -0.2) is 8.78 Å². The average molecular weight is 326 g/mol. The molecular formula is C16H20F2N2O3. The first kappa shape index (κ1) is 16.3. The lowest BCUT2D eigenvalue weighted by atomic mass is 10.0. The van der Waals surface area contributed by atoms with Gasteiger partial charge in [-0.3, -0.25) is 9.69 Å². The highest BCUT2D eigenvalue weighted by atomic mass is 19.1. The molecule has 1 aromatic carbocycles. The number of piperidine rings is 1. The normalized spacial score (nSPS) is 23.1. The number of hydrogen-bond donors (Lipinski definition) is 1. The molecule has 0 aromatic heterocycles. The highest BCUT2D eigenvalue weighted by Crippen LogP contribution is 2.21. The Kier molecular flexibility index (Phi) is 5.20. The summed E-state index contributed by atoms with van der Waals surface area (Å²) in [4.78, 5) is 14.5. The zero-order valence-corrected chi connectivity index (χ0v) is 12.8. The van der Waals surface area contributed by atoms with Crippen LogP contribution in [0.4, 0.5) is 14.5 Å². The number of likely N-dealkylation sites (tertiary alicyclic amines) is 1. The second kappa shape index (κ2) is 7.33. The van der Waals surface area contributed by atoms with Crippen LogP contribution in [0.3, 0.4) is 0 Å². The molecule has 0 unspecified atom stereocenters. The fourth-order valence-corrected chi connectivity index (χ4v) is 3.06. The molecule has 2 aliphatic rings. The van der Waals surface area contributed by atoms with Crippen molar-refractivity contribution in [3.8, 4) is 0 Å². The van der Waals surface area contributed by atoms with Gasteiger partial charge in [-0.15, -0.1) is 0 Å². The molecule has 2 aliphatic heterocycles. The topological polar surface area (TPSA) is 50.8 Å². The molecule has 2 saturated heterocycles. The molecule has 23 heavy (non-hydrogen) atoms. The first-order valence-corrected chi connectivity index (χ1v) is 7.86. The molecule has 2 heterocycles. The first-order chi connectivity index (χ1) is 11.1. The Bertz CT molecular complexity index is 544. The maximum Gasteiger partial charge on any atom is 0.241 e. The largest absolute Gasteiger partial charge is 0.349 e. The second-order valence-electron chi connectivity index (χ2n) is 5.83. The van der Waals surface area contributed by atoms with E-state index in [-0.39, 0.29) is 23.9 Å². The van der Waals surface area contributed by atoms with E-state index in [1.54, 1.807) is 0 Å². The molecular weight excluding hydrogens is 306 g/mol. The molecule has 0 radical (unpaired) electrons. The van der Waals surface area contributed by atoms with E-state index in [0.717, 1.165) is 37.6 Å². The lowest BCUT2D eigenvalue weighted by molar-refractivity contribution is -0.125. The third-order valence-corrected chi connectivity index (χ3v) is 4.12. The Morgan fingerprint density at radius 3 is 2.57 bits per heavy atom. The Hall–Kier alpha value is -1.57. The molecule has 0 aliphatic carbocycles. The summed E-state index contributed by atoms with van der Waals surface area (Å²) in [7, 11) is 0. The van der Waals surface area contributed by atoms with Crippen molar-refractivity contribution < 1.29 is 23.0 Å². The van der Waals surface area contributed by atoms with E-state index in [9.17, 15) is 13.6 Å². The van der Waals surface area contributed by atoms with Crippen molar-refractivity contribution >= 4 is 11.6 Å². The predicted molar refractivity (Wildman–Crippen MR) is 79.9 cm³/mol. The summed E-state index contributed by atoms with van der Waals surface area (Å²) >= 11 is 0. The SMILES string of the molecule is O=C(Nc1cc(F)cc(F)c1)[C@@H]1CCCCN1CC1OCCO1. The fraction of sp³-hybridized carbons (Fsp3) is 0.562. The highest BCUT2D eigenvalue weighted by Gasteiger charge is 2.31. The van der Waals surface area contributed by atoms with Crippen molar-refractivity contribution in [1.82, 2.24) is 4.90 Å². The third-order valence-electron chi connectivity index (χ3n) is 4.12. The van der Waals surface area contributed by atoms with Crippen LogP contribution in [0, 0.1) is 11.6 Å². The monoisotopic (exact) mass is 326 g/mol. The number of anilines is 1. The van der Waals surface area contributed by atoms with Crippen LogP contribution < -0.4 is 5.32 Å². The summed E-state index contributed by atoms with van der Waals surface area (Å²) < 4.78 is 37.3. The smallest absolute Gasteiger partial charge is 0.241 e. The number of hydrogen-bond acceptors (Lipinski definition) is 4. The van der Waals surface area contributed by atoms with Crippen LogP contribution in [-0.2, 0) is 14.3 Å². The lowest BCUT2D eigenvalue weighted by Gasteiger charge is -2.35. The molecule has 1 N–H and O–H groups in total. The minimum Gasteiger partial charge on any atom is -0.349 e. The van der Waals surface area contributed by atoms with Gasteiger partial charge in [-0.1, -0.05) is 6.42 Å². The maximum atomic E-state index is 13.2. The summed E-state index contributed by atoms with van der Waals surface area (Å²) in [5.41, 5.74) is 0.131. The van der Waals surface area contributed by atoms with Gasteiger partial charge in [0.05, 0.1) is 25.8 Å². The minimum atomic E-state index is -0.714.